The fourth-order valence-corrected chi connectivity index (χ4v) is 12.9. The van der Waals surface area contributed by atoms with Crippen LogP contribution in [0.2, 0.25) is 36.3 Å². The van der Waals surface area contributed by atoms with Gasteiger partial charge in [0, 0.05) is 0 Å². The topological polar surface area (TPSA) is 0 Å². The van der Waals surface area contributed by atoms with Gasteiger partial charge < -0.3 is 0 Å². The zero-order chi connectivity index (χ0) is 20.8. The zero-order valence-corrected chi connectivity index (χ0v) is 23.3. The molecule has 0 atom stereocenters. The molecule has 0 fully saturated rings. The minimum absolute atomic E-state index is 1.27. The molecule has 0 unspecified atom stereocenters. The number of hydrogen-bond donors (Lipinski definition) is 0. The molecule has 0 aromatic heterocycles. The summed E-state index contributed by atoms with van der Waals surface area (Å²) in [5.41, 5.74) is 2.82. The first kappa shape index (κ1) is 23.9. The van der Waals surface area contributed by atoms with E-state index in [1.54, 1.807) is 10.4 Å². The predicted octanol–water partition coefficient (Wildman–Crippen LogP) is 6.23. The quantitative estimate of drug-likeness (QED) is 0.350. The van der Waals surface area contributed by atoms with E-state index in [9.17, 15) is 0 Å². The second-order valence-corrected chi connectivity index (χ2v) is 20.0. The van der Waals surface area contributed by atoms with Gasteiger partial charge in [-0.3, -0.25) is 0 Å². The Morgan fingerprint density at radius 1 is 0.536 bits per heavy atom. The molecule has 0 aliphatic rings. The van der Waals surface area contributed by atoms with Crippen molar-refractivity contribution in [2.45, 2.75) is 77.8 Å². The maximum absolute atomic E-state index is 2.44. The van der Waals surface area contributed by atoms with Crippen molar-refractivity contribution in [2.75, 3.05) is 0 Å². The summed E-state index contributed by atoms with van der Waals surface area (Å²) in [4.78, 5) is 0. The third kappa shape index (κ3) is 4.68. The number of rotatable bonds is 10. The maximum atomic E-state index is 2.44. The Balaban J connectivity index is 2.27. The van der Waals surface area contributed by atoms with Crippen LogP contribution in [0.5, 0.6) is 0 Å². The summed E-state index contributed by atoms with van der Waals surface area (Å²) in [6.45, 7) is 14.3. The van der Waals surface area contributed by atoms with Crippen LogP contribution in [0.15, 0.2) is 48.5 Å². The molecule has 0 N–H and O–H groups in total. The van der Waals surface area contributed by atoms with Crippen molar-refractivity contribution in [1.82, 2.24) is 0 Å². The monoisotopic (exact) mass is 484 g/mol. The zero-order valence-electron chi connectivity index (χ0n) is 18.9. The third-order valence-corrected chi connectivity index (χ3v) is 20.3. The standard InChI is InChI=1S/C25H38Si2.Zr/c1-7-26(8-2,9-3)24-17-13-22(14-18-24)21-23-15-19-25(20-16-23)27(10-4,11-5)12-6;/h13-20H,7-12H2,1-6H3;. The Bertz CT molecular complexity index is 672. The summed E-state index contributed by atoms with van der Waals surface area (Å²) >= 11 is 1.50. The minimum atomic E-state index is -1.27. The van der Waals surface area contributed by atoms with Crippen LogP contribution in [-0.2, 0) is 24.2 Å². The molecule has 0 spiro atoms. The van der Waals surface area contributed by atoms with Crippen LogP contribution in [0.25, 0.3) is 0 Å². The van der Waals surface area contributed by atoms with Gasteiger partial charge in [0.2, 0.25) is 0 Å². The SMILES string of the molecule is CC[Si](CC)(CC)c1ccc([C](=[Zr])c2ccc([Si](CC)(CC)CC)cc2)cc1. The Morgan fingerprint density at radius 3 is 1.00 bits per heavy atom. The molecule has 0 saturated heterocycles. The number of hydrogen-bond acceptors (Lipinski definition) is 0. The van der Waals surface area contributed by atoms with E-state index in [0.29, 0.717) is 0 Å². The Labute approximate surface area is 190 Å². The third-order valence-electron chi connectivity index (χ3n) is 7.63. The summed E-state index contributed by atoms with van der Waals surface area (Å²) in [7, 11) is -2.54. The van der Waals surface area contributed by atoms with E-state index in [4.69, 9.17) is 0 Å². The first-order valence-electron chi connectivity index (χ1n) is 11.3. The van der Waals surface area contributed by atoms with E-state index in [1.807, 2.05) is 0 Å². The molecule has 2 rings (SSSR count). The summed E-state index contributed by atoms with van der Waals surface area (Å²) in [5, 5.41) is 3.29. The fraction of sp³-hybridized carbons (Fsp3) is 0.480. The van der Waals surface area contributed by atoms with Crippen LogP contribution < -0.4 is 10.4 Å². The van der Waals surface area contributed by atoms with E-state index >= 15 is 0 Å². The molecule has 0 bridgehead atoms. The van der Waals surface area contributed by atoms with Crippen LogP contribution in [-0.4, -0.2) is 19.4 Å². The van der Waals surface area contributed by atoms with Crippen LogP contribution in [0, 0.1) is 0 Å². The van der Waals surface area contributed by atoms with E-state index in [2.05, 4.69) is 90.1 Å². The molecule has 0 aliphatic carbocycles. The van der Waals surface area contributed by atoms with Gasteiger partial charge in [-0.05, 0) is 0 Å². The molecule has 150 valence electrons. The summed E-state index contributed by atoms with van der Waals surface area (Å²) in [5.74, 6) is 0. The molecule has 28 heavy (non-hydrogen) atoms. The Kier molecular flexibility index (Phi) is 9.04. The van der Waals surface area contributed by atoms with Gasteiger partial charge in [0.25, 0.3) is 0 Å². The summed E-state index contributed by atoms with van der Waals surface area (Å²) < 4.78 is 1.49. The first-order valence-corrected chi connectivity index (χ1v) is 17.7. The Morgan fingerprint density at radius 2 is 0.786 bits per heavy atom. The van der Waals surface area contributed by atoms with Crippen molar-refractivity contribution >= 4 is 29.7 Å². The van der Waals surface area contributed by atoms with Crippen LogP contribution >= 0.6 is 0 Å². The van der Waals surface area contributed by atoms with Crippen molar-refractivity contribution in [3.05, 3.63) is 59.7 Å². The van der Waals surface area contributed by atoms with Crippen molar-refractivity contribution in [2.24, 2.45) is 0 Å². The van der Waals surface area contributed by atoms with Crippen LogP contribution in [0.4, 0.5) is 0 Å². The predicted molar refractivity (Wildman–Crippen MR) is 130 cm³/mol. The number of benzene rings is 2. The van der Waals surface area contributed by atoms with Crippen molar-refractivity contribution in [3.63, 3.8) is 0 Å². The second kappa shape index (κ2) is 10.6. The molecule has 3 heteroatoms. The van der Waals surface area contributed by atoms with Gasteiger partial charge in [-0.2, -0.15) is 0 Å². The molecule has 0 aliphatic heterocycles. The molecule has 0 nitrogen and oxygen atoms in total. The molecule has 0 heterocycles. The van der Waals surface area contributed by atoms with Gasteiger partial charge in [0.15, 0.2) is 0 Å². The molecule has 2 aromatic carbocycles. The van der Waals surface area contributed by atoms with E-state index in [1.165, 1.54) is 74.8 Å². The fourth-order valence-electron chi connectivity index (χ4n) is 4.87. The average molecular weight is 486 g/mol. The van der Waals surface area contributed by atoms with Crippen LogP contribution in [0.3, 0.4) is 0 Å². The van der Waals surface area contributed by atoms with Crippen molar-refractivity contribution in [3.8, 4) is 0 Å². The normalized spacial score (nSPS) is 12.2. The van der Waals surface area contributed by atoms with Gasteiger partial charge in [-0.15, -0.1) is 0 Å². The molecular weight excluding hydrogens is 448 g/mol. The van der Waals surface area contributed by atoms with Gasteiger partial charge in [-0.25, -0.2) is 0 Å². The summed E-state index contributed by atoms with van der Waals surface area (Å²) in [6, 6.07) is 27.5. The average Bonchev–Trinajstić information content (AvgIpc) is 2.77. The van der Waals surface area contributed by atoms with E-state index in [0.717, 1.165) is 0 Å². The van der Waals surface area contributed by atoms with E-state index in [-0.39, 0.29) is 0 Å². The second-order valence-electron chi connectivity index (χ2n) is 8.21. The van der Waals surface area contributed by atoms with Crippen LogP contribution in [0.1, 0.15) is 52.7 Å². The molecule has 0 saturated carbocycles. The Hall–Kier alpha value is -0.373. The van der Waals surface area contributed by atoms with Gasteiger partial charge in [-0.1, -0.05) is 0 Å². The molecule has 0 radical (unpaired) electrons. The van der Waals surface area contributed by atoms with E-state index < -0.39 is 16.1 Å². The van der Waals surface area contributed by atoms with Gasteiger partial charge >= 0.3 is 191 Å². The molecule has 2 aromatic rings. The van der Waals surface area contributed by atoms with Gasteiger partial charge in [0.05, 0.1) is 0 Å². The van der Waals surface area contributed by atoms with Gasteiger partial charge in [0.1, 0.15) is 0 Å². The van der Waals surface area contributed by atoms with Crippen molar-refractivity contribution in [1.29, 1.82) is 0 Å². The molecular formula is C25H38Si2Zr. The summed E-state index contributed by atoms with van der Waals surface area (Å²) in [6.07, 6.45) is 0. The molecule has 0 amide bonds. The first-order chi connectivity index (χ1) is 13.5. The van der Waals surface area contributed by atoms with Crippen molar-refractivity contribution < 1.29 is 24.2 Å².